The molecule has 1 unspecified atom stereocenters. The van der Waals surface area contributed by atoms with Crippen LogP contribution >= 0.6 is 11.3 Å². The Morgan fingerprint density at radius 1 is 1.42 bits per heavy atom. The van der Waals surface area contributed by atoms with Crippen LogP contribution in [0.5, 0.6) is 0 Å². The molecule has 0 saturated heterocycles. The van der Waals surface area contributed by atoms with Crippen LogP contribution in [0.15, 0.2) is 35.8 Å². The predicted octanol–water partition coefficient (Wildman–Crippen LogP) is 3.02. The molecule has 0 spiro atoms. The number of nitrogens with zero attached hydrogens (tertiary/aromatic N) is 1. The van der Waals surface area contributed by atoms with Crippen molar-refractivity contribution in [3.05, 3.63) is 46.4 Å². The monoisotopic (exact) mass is 276 g/mol. The Kier molecular flexibility index (Phi) is 4.52. The summed E-state index contributed by atoms with van der Waals surface area (Å²) in [6, 6.07) is 7.86. The molecule has 2 N–H and O–H groups in total. The van der Waals surface area contributed by atoms with Gasteiger partial charge in [0.05, 0.1) is 12.5 Å². The Morgan fingerprint density at radius 3 is 2.74 bits per heavy atom. The van der Waals surface area contributed by atoms with Crippen molar-refractivity contribution in [2.75, 3.05) is 5.32 Å². The maximum Gasteiger partial charge on any atom is 0.306 e. The van der Waals surface area contributed by atoms with E-state index < -0.39 is 5.97 Å². The van der Waals surface area contributed by atoms with Gasteiger partial charge in [-0.25, -0.2) is 4.98 Å². The molecule has 0 aliphatic heterocycles. The van der Waals surface area contributed by atoms with Crippen molar-refractivity contribution in [3.63, 3.8) is 0 Å². The van der Waals surface area contributed by atoms with Gasteiger partial charge < -0.3 is 10.4 Å². The minimum Gasteiger partial charge on any atom is -0.481 e. The maximum atomic E-state index is 10.8. The van der Waals surface area contributed by atoms with Gasteiger partial charge in [0.15, 0.2) is 0 Å². The van der Waals surface area contributed by atoms with Crippen LogP contribution in [0.4, 0.5) is 5.69 Å². The minimum absolute atomic E-state index is 0.353. The number of carboxylic acid groups (broad SMARTS) is 1. The Morgan fingerprint density at radius 2 is 2.16 bits per heavy atom. The number of hydrogen-bond acceptors (Lipinski definition) is 4. The number of rotatable bonds is 6. The highest BCUT2D eigenvalue weighted by atomic mass is 32.1. The lowest BCUT2D eigenvalue weighted by atomic mass is 10.0. The number of aromatic nitrogens is 1. The molecule has 2 aromatic rings. The lowest BCUT2D eigenvalue weighted by Gasteiger charge is -2.08. The number of benzene rings is 1. The summed E-state index contributed by atoms with van der Waals surface area (Å²) in [6.07, 6.45) is 2.35. The summed E-state index contributed by atoms with van der Waals surface area (Å²) in [6.45, 7) is 2.43. The third-order valence-corrected chi connectivity index (χ3v) is 3.62. The van der Waals surface area contributed by atoms with Crippen LogP contribution < -0.4 is 5.32 Å². The molecule has 0 saturated carbocycles. The molecule has 0 aliphatic rings. The summed E-state index contributed by atoms with van der Waals surface area (Å²) in [5.41, 5.74) is 2.05. The van der Waals surface area contributed by atoms with E-state index >= 15 is 0 Å². The van der Waals surface area contributed by atoms with Gasteiger partial charge in [0.25, 0.3) is 0 Å². The highest BCUT2D eigenvalue weighted by Crippen LogP contribution is 2.15. The molecule has 4 nitrogen and oxygen atoms in total. The van der Waals surface area contributed by atoms with Gasteiger partial charge in [-0.1, -0.05) is 19.1 Å². The van der Waals surface area contributed by atoms with Gasteiger partial charge in [0.2, 0.25) is 0 Å². The molecule has 0 bridgehead atoms. The zero-order valence-electron chi connectivity index (χ0n) is 10.7. The first-order chi connectivity index (χ1) is 9.15. The Balaban J connectivity index is 1.89. The standard InChI is InChI=1S/C14H16N2O2S/c1-10(14(17)18)8-11-2-4-12(5-3-11)16-9-13-15-6-7-19-13/h2-7,10,16H,8-9H2,1H3,(H,17,18). The molecule has 1 heterocycles. The quantitative estimate of drug-likeness (QED) is 0.851. The van der Waals surface area contributed by atoms with Gasteiger partial charge in [-0.15, -0.1) is 11.3 Å². The molecule has 2 rings (SSSR count). The van der Waals surface area contributed by atoms with Crippen LogP contribution in [0, 0.1) is 5.92 Å². The van der Waals surface area contributed by atoms with Crippen molar-refractivity contribution in [1.82, 2.24) is 4.98 Å². The summed E-state index contributed by atoms with van der Waals surface area (Å²) in [4.78, 5) is 15.0. The topological polar surface area (TPSA) is 62.2 Å². The maximum absolute atomic E-state index is 10.8. The van der Waals surface area contributed by atoms with E-state index in [1.54, 1.807) is 24.5 Å². The van der Waals surface area contributed by atoms with E-state index in [2.05, 4.69) is 10.3 Å². The molecule has 1 aromatic heterocycles. The molecular formula is C14H16N2O2S. The Labute approximate surface area is 116 Å². The van der Waals surface area contributed by atoms with E-state index in [9.17, 15) is 4.79 Å². The molecule has 19 heavy (non-hydrogen) atoms. The van der Waals surface area contributed by atoms with Crippen molar-refractivity contribution in [3.8, 4) is 0 Å². The molecule has 5 heteroatoms. The van der Waals surface area contributed by atoms with Crippen LogP contribution in [0.25, 0.3) is 0 Å². The fourth-order valence-corrected chi connectivity index (χ4v) is 2.27. The van der Waals surface area contributed by atoms with Crippen LogP contribution in [-0.4, -0.2) is 16.1 Å². The first kappa shape index (κ1) is 13.5. The van der Waals surface area contributed by atoms with Gasteiger partial charge in [-0.2, -0.15) is 0 Å². The zero-order chi connectivity index (χ0) is 13.7. The van der Waals surface area contributed by atoms with Crippen molar-refractivity contribution < 1.29 is 9.90 Å². The second-order valence-electron chi connectivity index (χ2n) is 4.42. The van der Waals surface area contributed by atoms with Gasteiger partial charge in [-0.05, 0) is 24.1 Å². The predicted molar refractivity (Wildman–Crippen MR) is 76.4 cm³/mol. The number of hydrogen-bond donors (Lipinski definition) is 2. The van der Waals surface area contributed by atoms with E-state index in [4.69, 9.17) is 5.11 Å². The van der Waals surface area contributed by atoms with Crippen molar-refractivity contribution in [2.24, 2.45) is 5.92 Å². The van der Waals surface area contributed by atoms with E-state index in [0.29, 0.717) is 13.0 Å². The third-order valence-electron chi connectivity index (χ3n) is 2.84. The fourth-order valence-electron chi connectivity index (χ4n) is 1.72. The smallest absolute Gasteiger partial charge is 0.306 e. The number of anilines is 1. The highest BCUT2D eigenvalue weighted by molar-refractivity contribution is 7.09. The molecule has 1 aromatic carbocycles. The lowest BCUT2D eigenvalue weighted by Crippen LogP contribution is -2.12. The summed E-state index contributed by atoms with van der Waals surface area (Å²) < 4.78 is 0. The first-order valence-corrected chi connectivity index (χ1v) is 6.97. The van der Waals surface area contributed by atoms with Crippen molar-refractivity contribution >= 4 is 23.0 Å². The molecule has 0 aliphatic carbocycles. The van der Waals surface area contributed by atoms with Crippen LogP contribution in [0.1, 0.15) is 17.5 Å². The SMILES string of the molecule is CC(Cc1ccc(NCc2nccs2)cc1)C(=O)O. The highest BCUT2D eigenvalue weighted by Gasteiger charge is 2.11. The van der Waals surface area contributed by atoms with Crippen molar-refractivity contribution in [2.45, 2.75) is 19.9 Å². The van der Waals surface area contributed by atoms with Crippen LogP contribution in [-0.2, 0) is 17.8 Å². The number of aliphatic carboxylic acids is 1. The molecule has 0 amide bonds. The molecule has 0 radical (unpaired) electrons. The van der Waals surface area contributed by atoms with Gasteiger partial charge >= 0.3 is 5.97 Å². The zero-order valence-corrected chi connectivity index (χ0v) is 11.5. The minimum atomic E-state index is -0.758. The third kappa shape index (κ3) is 4.06. The number of nitrogens with one attached hydrogen (secondary N) is 1. The summed E-state index contributed by atoms with van der Waals surface area (Å²) in [5, 5.41) is 15.1. The Bertz CT molecular complexity index is 523. The molecule has 0 fully saturated rings. The average molecular weight is 276 g/mol. The van der Waals surface area contributed by atoms with Crippen LogP contribution in [0.3, 0.4) is 0 Å². The summed E-state index contributed by atoms with van der Waals surface area (Å²) in [7, 11) is 0. The second-order valence-corrected chi connectivity index (χ2v) is 5.40. The first-order valence-electron chi connectivity index (χ1n) is 6.09. The molecular weight excluding hydrogens is 260 g/mol. The lowest BCUT2D eigenvalue weighted by molar-refractivity contribution is -0.141. The number of thiazole rings is 1. The summed E-state index contributed by atoms with van der Waals surface area (Å²) >= 11 is 1.62. The molecule has 1 atom stereocenters. The number of carbonyl (C=O) groups is 1. The van der Waals surface area contributed by atoms with Gasteiger partial charge in [-0.3, -0.25) is 4.79 Å². The van der Waals surface area contributed by atoms with Gasteiger partial charge in [0, 0.05) is 17.3 Å². The largest absolute Gasteiger partial charge is 0.481 e. The second kappa shape index (κ2) is 6.33. The fraction of sp³-hybridized carbons (Fsp3) is 0.286. The average Bonchev–Trinajstić information content (AvgIpc) is 2.91. The molecule has 100 valence electrons. The normalized spacial score (nSPS) is 12.1. The van der Waals surface area contributed by atoms with Crippen LogP contribution in [0.2, 0.25) is 0 Å². The summed E-state index contributed by atoms with van der Waals surface area (Å²) in [5.74, 6) is -1.11. The van der Waals surface area contributed by atoms with Gasteiger partial charge in [0.1, 0.15) is 5.01 Å². The van der Waals surface area contributed by atoms with Crippen molar-refractivity contribution in [1.29, 1.82) is 0 Å². The van der Waals surface area contributed by atoms with E-state index in [1.807, 2.05) is 29.6 Å². The van der Waals surface area contributed by atoms with E-state index in [0.717, 1.165) is 16.3 Å². The number of carboxylic acids is 1. The van der Waals surface area contributed by atoms with E-state index in [1.165, 1.54) is 0 Å². The Hall–Kier alpha value is -1.88. The van der Waals surface area contributed by atoms with E-state index in [-0.39, 0.29) is 5.92 Å².